The van der Waals surface area contributed by atoms with E-state index in [4.69, 9.17) is 4.74 Å². The van der Waals surface area contributed by atoms with Crippen LogP contribution in [0, 0.1) is 24.0 Å². The molecule has 1 N–H and O–H groups in total. The van der Waals surface area contributed by atoms with Gasteiger partial charge in [0.05, 0.1) is 17.6 Å². The second-order valence-electron chi connectivity index (χ2n) is 6.48. The van der Waals surface area contributed by atoms with Gasteiger partial charge in [-0.3, -0.25) is 19.6 Å². The minimum Gasteiger partial charge on any atom is -0.376 e. The Bertz CT molecular complexity index is 807. The van der Waals surface area contributed by atoms with Crippen LogP contribution in [0.5, 0.6) is 0 Å². The summed E-state index contributed by atoms with van der Waals surface area (Å²) in [5.41, 5.74) is 2.46. The number of aromatic nitrogens is 2. The molecule has 26 heavy (non-hydrogen) atoms. The third-order valence-corrected chi connectivity index (χ3v) is 4.59. The van der Waals surface area contributed by atoms with Crippen LogP contribution < -0.4 is 5.32 Å². The molecule has 2 aromatic rings. The maximum Gasteiger partial charge on any atom is 0.312 e. The van der Waals surface area contributed by atoms with Gasteiger partial charge >= 0.3 is 5.69 Å². The minimum absolute atomic E-state index is 0.0510. The zero-order valence-electron chi connectivity index (χ0n) is 14.9. The average Bonchev–Trinajstić information content (AvgIpc) is 3.21. The van der Waals surface area contributed by atoms with Gasteiger partial charge in [0.25, 0.3) is 5.91 Å². The topological polar surface area (TPSA) is 99.3 Å². The van der Waals surface area contributed by atoms with E-state index >= 15 is 0 Å². The molecule has 0 spiro atoms. The van der Waals surface area contributed by atoms with Crippen molar-refractivity contribution in [1.29, 1.82) is 0 Å². The summed E-state index contributed by atoms with van der Waals surface area (Å²) in [6.45, 7) is 5.02. The molecule has 2 heterocycles. The molecule has 1 aliphatic heterocycles. The van der Waals surface area contributed by atoms with Crippen LogP contribution in [0.1, 0.15) is 40.2 Å². The number of carbonyl (C=O) groups excluding carboxylic acids is 1. The van der Waals surface area contributed by atoms with Crippen molar-refractivity contribution in [2.75, 3.05) is 13.2 Å². The molecular formula is C18H22N4O4. The first kappa shape index (κ1) is 18.1. The lowest BCUT2D eigenvalue weighted by atomic mass is 10.1. The molecule has 1 fully saturated rings. The van der Waals surface area contributed by atoms with Crippen molar-refractivity contribution in [3.8, 4) is 0 Å². The number of amides is 1. The fourth-order valence-corrected chi connectivity index (χ4v) is 3.15. The number of hydrogen-bond acceptors (Lipinski definition) is 5. The Labute approximate surface area is 151 Å². The summed E-state index contributed by atoms with van der Waals surface area (Å²) in [6, 6.07) is 7.17. The van der Waals surface area contributed by atoms with E-state index in [-0.39, 0.29) is 17.7 Å². The second-order valence-corrected chi connectivity index (χ2v) is 6.48. The Morgan fingerprint density at radius 3 is 2.69 bits per heavy atom. The highest BCUT2D eigenvalue weighted by atomic mass is 16.6. The van der Waals surface area contributed by atoms with Crippen molar-refractivity contribution in [2.45, 2.75) is 39.3 Å². The molecule has 0 aliphatic carbocycles. The lowest BCUT2D eigenvalue weighted by Gasteiger charge is -2.11. The van der Waals surface area contributed by atoms with E-state index in [9.17, 15) is 14.9 Å². The highest BCUT2D eigenvalue weighted by Gasteiger charge is 2.21. The van der Waals surface area contributed by atoms with Gasteiger partial charge < -0.3 is 10.1 Å². The molecule has 0 unspecified atom stereocenters. The number of nitrogens with one attached hydrogen (secondary N) is 1. The molecule has 0 radical (unpaired) electrons. The summed E-state index contributed by atoms with van der Waals surface area (Å²) in [5.74, 6) is -0.131. The first-order valence-corrected chi connectivity index (χ1v) is 8.63. The van der Waals surface area contributed by atoms with Gasteiger partial charge in [0.15, 0.2) is 0 Å². The molecule has 0 saturated carbocycles. The van der Waals surface area contributed by atoms with Crippen molar-refractivity contribution in [3.05, 3.63) is 56.9 Å². The summed E-state index contributed by atoms with van der Waals surface area (Å²) in [7, 11) is 0. The van der Waals surface area contributed by atoms with Gasteiger partial charge in [0.1, 0.15) is 11.4 Å². The molecule has 1 aromatic carbocycles. The van der Waals surface area contributed by atoms with Gasteiger partial charge in [-0.25, -0.2) is 0 Å². The Kier molecular flexibility index (Phi) is 5.32. The normalized spacial score (nSPS) is 16.6. The van der Waals surface area contributed by atoms with Crippen LogP contribution in [0.15, 0.2) is 24.3 Å². The van der Waals surface area contributed by atoms with E-state index < -0.39 is 4.92 Å². The SMILES string of the molecule is Cc1nn(Cc2ccc(C(=O)NC[C@@H]3CCCO3)cc2)c(C)c1[N+](=O)[O-]. The smallest absolute Gasteiger partial charge is 0.312 e. The molecule has 3 rings (SSSR count). The lowest BCUT2D eigenvalue weighted by molar-refractivity contribution is -0.386. The maximum atomic E-state index is 12.2. The standard InChI is InChI=1S/C18H22N4O4/c1-12-17(22(24)25)13(2)21(20-12)11-14-5-7-15(8-6-14)18(23)19-10-16-4-3-9-26-16/h5-8,16H,3-4,9-11H2,1-2H3,(H,19,23)/t16-/m0/s1. The largest absolute Gasteiger partial charge is 0.376 e. The summed E-state index contributed by atoms with van der Waals surface area (Å²) in [6.07, 6.45) is 2.13. The summed E-state index contributed by atoms with van der Waals surface area (Å²) >= 11 is 0. The zero-order valence-corrected chi connectivity index (χ0v) is 14.9. The van der Waals surface area contributed by atoms with Gasteiger partial charge in [-0.05, 0) is 44.4 Å². The number of aryl methyl sites for hydroxylation is 1. The van der Waals surface area contributed by atoms with Gasteiger partial charge in [0.2, 0.25) is 0 Å². The average molecular weight is 358 g/mol. The summed E-state index contributed by atoms with van der Waals surface area (Å²) < 4.78 is 7.10. The van der Waals surface area contributed by atoms with E-state index in [1.165, 1.54) is 0 Å². The van der Waals surface area contributed by atoms with E-state index in [0.29, 0.717) is 30.0 Å². The highest BCUT2D eigenvalue weighted by molar-refractivity contribution is 5.94. The highest BCUT2D eigenvalue weighted by Crippen LogP contribution is 2.22. The van der Waals surface area contributed by atoms with E-state index in [2.05, 4.69) is 10.4 Å². The van der Waals surface area contributed by atoms with Crippen LogP contribution in [0.3, 0.4) is 0 Å². The number of carbonyl (C=O) groups is 1. The third kappa shape index (κ3) is 3.91. The van der Waals surface area contributed by atoms with Gasteiger partial charge in [-0.15, -0.1) is 0 Å². The van der Waals surface area contributed by atoms with Crippen LogP contribution in [0.2, 0.25) is 0 Å². The monoisotopic (exact) mass is 358 g/mol. The Balaban J connectivity index is 1.63. The first-order valence-electron chi connectivity index (χ1n) is 8.63. The number of ether oxygens (including phenoxy) is 1. The van der Waals surface area contributed by atoms with Crippen molar-refractivity contribution < 1.29 is 14.5 Å². The number of rotatable bonds is 6. The van der Waals surface area contributed by atoms with E-state index in [0.717, 1.165) is 25.0 Å². The molecule has 138 valence electrons. The molecule has 1 aliphatic rings. The fraction of sp³-hybridized carbons (Fsp3) is 0.444. The summed E-state index contributed by atoms with van der Waals surface area (Å²) in [5, 5.41) is 18.2. The molecule has 8 nitrogen and oxygen atoms in total. The molecule has 1 saturated heterocycles. The Morgan fingerprint density at radius 1 is 1.38 bits per heavy atom. The third-order valence-electron chi connectivity index (χ3n) is 4.59. The van der Waals surface area contributed by atoms with Gasteiger partial charge in [-0.2, -0.15) is 5.10 Å². The van der Waals surface area contributed by atoms with Crippen molar-refractivity contribution in [2.24, 2.45) is 0 Å². The number of hydrogen-bond donors (Lipinski definition) is 1. The quantitative estimate of drug-likeness (QED) is 0.631. The lowest BCUT2D eigenvalue weighted by Crippen LogP contribution is -2.31. The van der Waals surface area contributed by atoms with Crippen molar-refractivity contribution in [1.82, 2.24) is 15.1 Å². The first-order chi connectivity index (χ1) is 12.5. The number of benzene rings is 1. The van der Waals surface area contributed by atoms with Gasteiger partial charge in [-0.1, -0.05) is 12.1 Å². The van der Waals surface area contributed by atoms with Crippen LogP contribution in [-0.2, 0) is 11.3 Å². The molecule has 1 atom stereocenters. The molecule has 0 bridgehead atoms. The number of nitro groups is 1. The van der Waals surface area contributed by atoms with E-state index in [1.54, 1.807) is 30.7 Å². The van der Waals surface area contributed by atoms with Crippen LogP contribution in [0.4, 0.5) is 5.69 Å². The molecule has 8 heteroatoms. The van der Waals surface area contributed by atoms with Crippen LogP contribution >= 0.6 is 0 Å². The van der Waals surface area contributed by atoms with Gasteiger partial charge in [0, 0.05) is 18.7 Å². The molecule has 1 amide bonds. The second kappa shape index (κ2) is 7.65. The fourth-order valence-electron chi connectivity index (χ4n) is 3.15. The zero-order chi connectivity index (χ0) is 18.7. The Hall–Kier alpha value is -2.74. The molecular weight excluding hydrogens is 336 g/mol. The maximum absolute atomic E-state index is 12.2. The van der Waals surface area contributed by atoms with Crippen molar-refractivity contribution >= 4 is 11.6 Å². The van der Waals surface area contributed by atoms with Crippen LogP contribution in [0.25, 0.3) is 0 Å². The molecule has 1 aromatic heterocycles. The predicted octanol–water partition coefficient (Wildman–Crippen LogP) is 2.37. The summed E-state index contributed by atoms with van der Waals surface area (Å²) in [4.78, 5) is 22.9. The minimum atomic E-state index is -0.407. The predicted molar refractivity (Wildman–Crippen MR) is 95.2 cm³/mol. The van der Waals surface area contributed by atoms with E-state index in [1.807, 2.05) is 12.1 Å². The number of nitrogens with zero attached hydrogens (tertiary/aromatic N) is 3. The van der Waals surface area contributed by atoms with Crippen LogP contribution in [-0.4, -0.2) is 39.9 Å². The Morgan fingerprint density at radius 2 is 2.12 bits per heavy atom. The van der Waals surface area contributed by atoms with Crippen molar-refractivity contribution in [3.63, 3.8) is 0 Å².